The van der Waals surface area contributed by atoms with Crippen molar-refractivity contribution < 1.29 is 9.18 Å². The van der Waals surface area contributed by atoms with Gasteiger partial charge in [-0.3, -0.25) is 4.79 Å². The summed E-state index contributed by atoms with van der Waals surface area (Å²) in [5.41, 5.74) is 5.42. The highest BCUT2D eigenvalue weighted by molar-refractivity contribution is 7.07. The fourth-order valence-corrected chi connectivity index (χ4v) is 3.49. The molecule has 0 fully saturated rings. The lowest BCUT2D eigenvalue weighted by atomic mass is 10.0. The summed E-state index contributed by atoms with van der Waals surface area (Å²) in [5.74, 6) is -0.466. The zero-order chi connectivity index (χ0) is 18.6. The van der Waals surface area contributed by atoms with E-state index in [2.05, 4.69) is 15.3 Å². The minimum Gasteiger partial charge on any atom is -0.352 e. The van der Waals surface area contributed by atoms with Gasteiger partial charge in [-0.25, -0.2) is 14.4 Å². The van der Waals surface area contributed by atoms with E-state index >= 15 is 0 Å². The molecule has 0 saturated heterocycles. The maximum Gasteiger partial charge on any atom is 0.252 e. The lowest BCUT2D eigenvalue weighted by Gasteiger charge is -2.10. The Morgan fingerprint density at radius 2 is 1.93 bits per heavy atom. The average Bonchev–Trinajstić information content (AvgIpc) is 3.21. The lowest BCUT2D eigenvalue weighted by molar-refractivity contribution is 0.0955. The molecule has 0 bridgehead atoms. The molecule has 0 aliphatic carbocycles. The highest BCUT2D eigenvalue weighted by Crippen LogP contribution is 2.25. The highest BCUT2D eigenvalue weighted by Gasteiger charge is 2.14. The second-order valence-electron chi connectivity index (χ2n) is 6.06. The van der Waals surface area contributed by atoms with Crippen molar-refractivity contribution >= 4 is 28.1 Å². The largest absolute Gasteiger partial charge is 0.352 e. The third-order valence-electron chi connectivity index (χ3n) is 4.25. The molecule has 0 unspecified atom stereocenters. The molecule has 6 heteroatoms. The first-order valence-corrected chi connectivity index (χ1v) is 9.46. The van der Waals surface area contributed by atoms with Crippen molar-refractivity contribution in [3.05, 3.63) is 82.6 Å². The van der Waals surface area contributed by atoms with E-state index in [9.17, 15) is 9.18 Å². The Balaban J connectivity index is 1.65. The minimum atomic E-state index is -0.306. The van der Waals surface area contributed by atoms with E-state index in [0.717, 1.165) is 22.2 Å². The average molecular weight is 377 g/mol. The topological polar surface area (TPSA) is 54.9 Å². The SMILES string of the molecule is O=C(NCCc1cscn1)c1cc(-c2ccc(F)cc2)nc2ccccc12. The van der Waals surface area contributed by atoms with Gasteiger partial charge < -0.3 is 5.32 Å². The van der Waals surface area contributed by atoms with Crippen LogP contribution < -0.4 is 5.32 Å². The van der Waals surface area contributed by atoms with E-state index in [1.807, 2.05) is 29.6 Å². The first kappa shape index (κ1) is 17.3. The van der Waals surface area contributed by atoms with Gasteiger partial charge in [0, 0.05) is 29.3 Å². The highest BCUT2D eigenvalue weighted by atomic mass is 32.1. The zero-order valence-electron chi connectivity index (χ0n) is 14.4. The first-order valence-electron chi connectivity index (χ1n) is 8.52. The predicted molar refractivity (Wildman–Crippen MR) is 105 cm³/mol. The van der Waals surface area contributed by atoms with Crippen molar-refractivity contribution in [1.29, 1.82) is 0 Å². The summed E-state index contributed by atoms with van der Waals surface area (Å²) in [6.45, 7) is 0.505. The molecule has 1 amide bonds. The fourth-order valence-electron chi connectivity index (χ4n) is 2.89. The maximum atomic E-state index is 13.2. The Morgan fingerprint density at radius 1 is 1.11 bits per heavy atom. The van der Waals surface area contributed by atoms with Gasteiger partial charge in [0.15, 0.2) is 0 Å². The number of para-hydroxylation sites is 1. The smallest absolute Gasteiger partial charge is 0.252 e. The van der Waals surface area contributed by atoms with Gasteiger partial charge in [0.2, 0.25) is 0 Å². The van der Waals surface area contributed by atoms with Crippen molar-refractivity contribution in [3.8, 4) is 11.3 Å². The number of thiazole rings is 1. The molecule has 4 nitrogen and oxygen atoms in total. The molecule has 0 saturated carbocycles. The second kappa shape index (κ2) is 7.63. The maximum absolute atomic E-state index is 13.2. The van der Waals surface area contributed by atoms with Gasteiger partial charge in [0.05, 0.1) is 28.0 Å². The number of carbonyl (C=O) groups is 1. The summed E-state index contributed by atoms with van der Waals surface area (Å²) in [6, 6.07) is 15.4. The van der Waals surface area contributed by atoms with Crippen LogP contribution >= 0.6 is 11.3 Å². The van der Waals surface area contributed by atoms with Crippen LogP contribution in [0.5, 0.6) is 0 Å². The van der Waals surface area contributed by atoms with Crippen molar-refractivity contribution in [2.75, 3.05) is 6.54 Å². The number of rotatable bonds is 5. The lowest BCUT2D eigenvalue weighted by Crippen LogP contribution is -2.26. The van der Waals surface area contributed by atoms with Gasteiger partial charge in [0.1, 0.15) is 5.82 Å². The summed E-state index contributed by atoms with van der Waals surface area (Å²) in [5, 5.41) is 5.71. The Kier molecular flexibility index (Phi) is 4.89. The minimum absolute atomic E-state index is 0.160. The molecular weight excluding hydrogens is 361 g/mol. The van der Waals surface area contributed by atoms with Gasteiger partial charge in [-0.15, -0.1) is 11.3 Å². The number of halogens is 1. The summed E-state index contributed by atoms with van der Waals surface area (Å²) in [6.07, 6.45) is 0.684. The first-order chi connectivity index (χ1) is 13.2. The van der Waals surface area contributed by atoms with Crippen LogP contribution in [0.4, 0.5) is 4.39 Å². The van der Waals surface area contributed by atoms with E-state index in [1.54, 1.807) is 23.7 Å². The predicted octanol–water partition coefficient (Wildman–Crippen LogP) is 4.47. The molecular formula is C21H16FN3OS. The summed E-state index contributed by atoms with van der Waals surface area (Å²) in [7, 11) is 0. The van der Waals surface area contributed by atoms with Crippen LogP contribution in [-0.4, -0.2) is 22.4 Å². The van der Waals surface area contributed by atoms with E-state index < -0.39 is 0 Å². The Labute approximate surface area is 159 Å². The molecule has 1 N–H and O–H groups in total. The number of nitrogens with one attached hydrogen (secondary N) is 1. The number of benzene rings is 2. The van der Waals surface area contributed by atoms with E-state index in [0.29, 0.717) is 24.2 Å². The molecule has 134 valence electrons. The van der Waals surface area contributed by atoms with E-state index in [-0.39, 0.29) is 11.7 Å². The third kappa shape index (κ3) is 3.85. The Bertz CT molecular complexity index is 1080. The van der Waals surface area contributed by atoms with Gasteiger partial charge >= 0.3 is 0 Å². The summed E-state index contributed by atoms with van der Waals surface area (Å²) < 4.78 is 13.2. The number of hydrogen-bond acceptors (Lipinski definition) is 4. The number of nitrogens with zero attached hydrogens (tertiary/aromatic N) is 2. The van der Waals surface area contributed by atoms with E-state index in [4.69, 9.17) is 0 Å². The van der Waals surface area contributed by atoms with Crippen LogP contribution in [0.2, 0.25) is 0 Å². The van der Waals surface area contributed by atoms with Gasteiger partial charge in [-0.05, 0) is 36.4 Å². The quantitative estimate of drug-likeness (QED) is 0.558. The van der Waals surface area contributed by atoms with E-state index in [1.165, 1.54) is 23.5 Å². The Hall–Kier alpha value is -3.12. The summed E-state index contributed by atoms with van der Waals surface area (Å²) >= 11 is 1.54. The van der Waals surface area contributed by atoms with Crippen LogP contribution in [-0.2, 0) is 6.42 Å². The number of pyridine rings is 1. The van der Waals surface area contributed by atoms with Crippen molar-refractivity contribution in [3.63, 3.8) is 0 Å². The fraction of sp³-hybridized carbons (Fsp3) is 0.0952. The van der Waals surface area contributed by atoms with Gasteiger partial charge in [0.25, 0.3) is 5.91 Å². The zero-order valence-corrected chi connectivity index (χ0v) is 15.2. The molecule has 2 aromatic carbocycles. The molecule has 0 atom stereocenters. The molecule has 0 spiro atoms. The number of hydrogen-bond donors (Lipinski definition) is 1. The molecule has 27 heavy (non-hydrogen) atoms. The van der Waals surface area contributed by atoms with Crippen LogP contribution in [0.15, 0.2) is 65.5 Å². The number of carbonyl (C=O) groups excluding carboxylic acids is 1. The normalized spacial score (nSPS) is 10.9. The molecule has 2 aromatic heterocycles. The van der Waals surface area contributed by atoms with Crippen LogP contribution in [0.1, 0.15) is 16.1 Å². The number of aromatic nitrogens is 2. The molecule has 0 radical (unpaired) electrons. The van der Waals surface area contributed by atoms with Crippen molar-refractivity contribution in [2.24, 2.45) is 0 Å². The Morgan fingerprint density at radius 3 is 2.70 bits per heavy atom. The van der Waals surface area contributed by atoms with Crippen LogP contribution in [0, 0.1) is 5.82 Å². The van der Waals surface area contributed by atoms with Gasteiger partial charge in [-0.2, -0.15) is 0 Å². The van der Waals surface area contributed by atoms with Crippen molar-refractivity contribution in [2.45, 2.75) is 6.42 Å². The number of fused-ring (bicyclic) bond motifs is 1. The molecule has 4 rings (SSSR count). The van der Waals surface area contributed by atoms with Crippen LogP contribution in [0.25, 0.3) is 22.2 Å². The van der Waals surface area contributed by atoms with Crippen LogP contribution in [0.3, 0.4) is 0 Å². The van der Waals surface area contributed by atoms with Gasteiger partial charge in [-0.1, -0.05) is 18.2 Å². The molecule has 4 aromatic rings. The standard InChI is InChI=1S/C21H16FN3OS/c22-15-7-5-14(6-8-15)20-11-18(17-3-1-2-4-19(17)25-20)21(26)23-10-9-16-12-27-13-24-16/h1-8,11-13H,9-10H2,(H,23,26). The second-order valence-corrected chi connectivity index (χ2v) is 6.78. The monoisotopic (exact) mass is 377 g/mol. The molecule has 0 aliphatic rings. The molecule has 0 aliphatic heterocycles. The third-order valence-corrected chi connectivity index (χ3v) is 4.89. The molecule has 2 heterocycles. The summed E-state index contributed by atoms with van der Waals surface area (Å²) in [4.78, 5) is 21.7. The number of amides is 1. The van der Waals surface area contributed by atoms with Crippen molar-refractivity contribution in [1.82, 2.24) is 15.3 Å².